The molecule has 0 saturated carbocycles. The van der Waals surface area contributed by atoms with E-state index in [1.807, 2.05) is 0 Å². The Balaban J connectivity index is 2.40. The highest BCUT2D eigenvalue weighted by molar-refractivity contribution is 7.99. The van der Waals surface area contributed by atoms with Gasteiger partial charge in [-0.25, -0.2) is 4.98 Å². The van der Waals surface area contributed by atoms with E-state index in [2.05, 4.69) is 21.8 Å². The van der Waals surface area contributed by atoms with E-state index in [4.69, 9.17) is 0 Å². The molecule has 0 aliphatic carbocycles. The van der Waals surface area contributed by atoms with Crippen LogP contribution in [-0.4, -0.2) is 27.9 Å². The lowest BCUT2D eigenvalue weighted by Gasteiger charge is -2.16. The zero-order chi connectivity index (χ0) is 9.90. The van der Waals surface area contributed by atoms with E-state index in [1.165, 1.54) is 6.33 Å². The summed E-state index contributed by atoms with van der Waals surface area (Å²) in [4.78, 5) is 3.67. The maximum atomic E-state index is 12.0. The van der Waals surface area contributed by atoms with E-state index in [0.29, 0.717) is 5.16 Å². The molecule has 0 radical (unpaired) electrons. The molecule has 1 aromatic rings. The van der Waals surface area contributed by atoms with Crippen LogP contribution in [0.3, 0.4) is 0 Å². The molecule has 8 heteroatoms. The molecule has 1 aromatic heterocycles. The highest BCUT2D eigenvalue weighted by Gasteiger charge is 2.26. The molecule has 0 aliphatic rings. The van der Waals surface area contributed by atoms with Crippen molar-refractivity contribution in [1.82, 2.24) is 15.2 Å². The molecule has 0 unspecified atom stereocenters. The van der Waals surface area contributed by atoms with Gasteiger partial charge in [-0.2, -0.15) is 5.10 Å². The smallest absolute Gasteiger partial charge is 0.445 e. The quantitative estimate of drug-likeness (QED) is 0.606. The van der Waals surface area contributed by atoms with Crippen LogP contribution in [0.2, 0.25) is 0 Å². The van der Waals surface area contributed by atoms with Crippen molar-refractivity contribution < 1.29 is 12.9 Å². The summed E-state index contributed by atoms with van der Waals surface area (Å²) in [6.45, 7) is -1.99. The third-order valence-corrected chi connectivity index (χ3v) is 2.24. The highest BCUT2D eigenvalue weighted by Crippen LogP contribution is 2.24. The summed E-state index contributed by atoms with van der Waals surface area (Å²) in [5.41, 5.74) is -0.721. The van der Waals surface area contributed by atoms with Gasteiger partial charge in [0.15, 0.2) is 5.16 Å². The summed E-state index contributed by atoms with van der Waals surface area (Å²) in [7, 11) is 0. The van der Waals surface area contributed by atoms with Gasteiger partial charge in [0, 0.05) is 0 Å². The van der Waals surface area contributed by atoms with Crippen LogP contribution in [-0.2, 0) is 0 Å². The summed E-state index contributed by atoms with van der Waals surface area (Å²) in [5.74, 6) is -0.210. The van der Waals surface area contributed by atoms with Crippen LogP contribution in [0.25, 0.3) is 0 Å². The molecular weight excluding hydrogens is 202 g/mol. The first-order valence-corrected chi connectivity index (χ1v) is 4.34. The highest BCUT2D eigenvalue weighted by atomic mass is 32.2. The van der Waals surface area contributed by atoms with Crippen molar-refractivity contribution in [1.29, 1.82) is 0 Å². The number of H-pyrrole nitrogens is 1. The molecule has 1 rings (SSSR count). The number of halogens is 3. The Morgan fingerprint density at radius 1 is 1.62 bits per heavy atom. The van der Waals surface area contributed by atoms with Crippen molar-refractivity contribution in [3.05, 3.63) is 18.4 Å². The molecular formula is C5H6BF3N3S-. The van der Waals surface area contributed by atoms with Gasteiger partial charge in [-0.3, -0.25) is 5.10 Å². The van der Waals surface area contributed by atoms with E-state index in [0.717, 1.165) is 11.8 Å². The van der Waals surface area contributed by atoms with Crippen molar-refractivity contribution in [2.24, 2.45) is 0 Å². The Morgan fingerprint density at radius 3 is 2.77 bits per heavy atom. The molecule has 3 nitrogen and oxygen atoms in total. The first-order chi connectivity index (χ1) is 6.00. The van der Waals surface area contributed by atoms with Gasteiger partial charge >= 0.3 is 6.98 Å². The molecule has 1 heterocycles. The molecule has 0 atom stereocenters. The largest absolute Gasteiger partial charge is 0.505 e. The SMILES string of the molecule is C=C(CSc1ncn[nH]1)[B-](F)(F)F. The van der Waals surface area contributed by atoms with Crippen molar-refractivity contribution in [3.63, 3.8) is 0 Å². The topological polar surface area (TPSA) is 41.6 Å². The van der Waals surface area contributed by atoms with Crippen LogP contribution in [0, 0.1) is 0 Å². The number of rotatable bonds is 4. The third-order valence-electron chi connectivity index (χ3n) is 1.25. The maximum absolute atomic E-state index is 12.0. The standard InChI is InChI=1S/C5H6BF3N3S/c1-4(6(7,8)9)2-13-5-10-3-11-12-5/h3H,1-2H2,(H,10,11,12)/q-1. The Morgan fingerprint density at radius 2 is 2.31 bits per heavy atom. The van der Waals surface area contributed by atoms with Crippen LogP contribution in [0.1, 0.15) is 0 Å². The number of hydrogen-bond donors (Lipinski definition) is 1. The van der Waals surface area contributed by atoms with Crippen molar-refractivity contribution in [2.75, 3.05) is 5.75 Å². The van der Waals surface area contributed by atoms with Gasteiger partial charge in [-0.05, 0) is 5.75 Å². The number of aromatic amines is 1. The van der Waals surface area contributed by atoms with Crippen LogP contribution < -0.4 is 0 Å². The van der Waals surface area contributed by atoms with Gasteiger partial charge in [-0.15, -0.1) is 12.1 Å². The summed E-state index contributed by atoms with van der Waals surface area (Å²) in [5, 5.41) is 6.31. The number of aromatic nitrogens is 3. The first kappa shape index (κ1) is 10.2. The van der Waals surface area contributed by atoms with E-state index in [-0.39, 0.29) is 5.75 Å². The molecule has 0 fully saturated rings. The fourth-order valence-electron chi connectivity index (χ4n) is 0.519. The second kappa shape index (κ2) is 3.86. The van der Waals surface area contributed by atoms with Crippen molar-refractivity contribution in [2.45, 2.75) is 5.16 Å². The molecule has 1 N–H and O–H groups in total. The fourth-order valence-corrected chi connectivity index (χ4v) is 1.27. The van der Waals surface area contributed by atoms with Gasteiger partial charge in [0.05, 0.1) is 0 Å². The Bertz CT molecular complexity index is 284. The predicted octanol–water partition coefficient (Wildman–Crippen LogP) is 1.84. The summed E-state index contributed by atoms with van der Waals surface area (Å²) in [6.07, 6.45) is 1.24. The van der Waals surface area contributed by atoms with Crippen LogP contribution in [0.15, 0.2) is 23.5 Å². The van der Waals surface area contributed by atoms with Crippen LogP contribution in [0.4, 0.5) is 12.9 Å². The van der Waals surface area contributed by atoms with E-state index in [1.54, 1.807) is 0 Å². The predicted molar refractivity (Wildman–Crippen MR) is 45.3 cm³/mol. The Kier molecular flexibility index (Phi) is 3.02. The molecule has 0 spiro atoms. The summed E-state index contributed by atoms with van der Waals surface area (Å²) < 4.78 is 35.9. The van der Waals surface area contributed by atoms with Gasteiger partial charge in [0.25, 0.3) is 0 Å². The molecule has 13 heavy (non-hydrogen) atoms. The number of nitrogens with one attached hydrogen (secondary N) is 1. The van der Waals surface area contributed by atoms with Crippen LogP contribution >= 0.6 is 11.8 Å². The second-order valence-corrected chi connectivity index (χ2v) is 3.28. The van der Waals surface area contributed by atoms with Gasteiger partial charge in [-0.1, -0.05) is 11.8 Å². The minimum absolute atomic E-state index is 0.210. The zero-order valence-electron chi connectivity index (χ0n) is 6.51. The molecule has 0 bridgehead atoms. The lowest BCUT2D eigenvalue weighted by Crippen LogP contribution is -2.20. The van der Waals surface area contributed by atoms with Gasteiger partial charge < -0.3 is 12.9 Å². The number of thioether (sulfide) groups is 1. The summed E-state index contributed by atoms with van der Waals surface area (Å²) in [6, 6.07) is 0. The average molecular weight is 208 g/mol. The van der Waals surface area contributed by atoms with Crippen molar-refractivity contribution in [3.8, 4) is 0 Å². The maximum Gasteiger partial charge on any atom is 0.505 e. The fraction of sp³-hybridized carbons (Fsp3) is 0.200. The lowest BCUT2D eigenvalue weighted by atomic mass is 9.82. The number of nitrogens with zero attached hydrogens (tertiary/aromatic N) is 2. The van der Waals surface area contributed by atoms with Gasteiger partial charge in [0.2, 0.25) is 0 Å². The van der Waals surface area contributed by atoms with Crippen molar-refractivity contribution >= 4 is 18.7 Å². The Hall–Kier alpha value is -0.915. The normalized spacial score (nSPS) is 11.6. The lowest BCUT2D eigenvalue weighted by molar-refractivity contribution is 0.491. The number of hydrogen-bond acceptors (Lipinski definition) is 3. The zero-order valence-corrected chi connectivity index (χ0v) is 7.32. The second-order valence-electron chi connectivity index (χ2n) is 2.31. The molecule has 0 aromatic carbocycles. The summed E-state index contributed by atoms with van der Waals surface area (Å²) >= 11 is 0.929. The monoisotopic (exact) mass is 208 g/mol. The Labute approximate surface area is 76.9 Å². The van der Waals surface area contributed by atoms with Crippen LogP contribution in [0.5, 0.6) is 0 Å². The van der Waals surface area contributed by atoms with E-state index >= 15 is 0 Å². The van der Waals surface area contributed by atoms with E-state index < -0.39 is 12.4 Å². The minimum atomic E-state index is -4.93. The van der Waals surface area contributed by atoms with Gasteiger partial charge in [0.1, 0.15) is 6.33 Å². The first-order valence-electron chi connectivity index (χ1n) is 3.36. The molecule has 72 valence electrons. The minimum Gasteiger partial charge on any atom is -0.445 e. The third kappa shape index (κ3) is 3.13. The molecule has 0 saturated heterocycles. The molecule has 0 amide bonds. The van der Waals surface area contributed by atoms with E-state index in [9.17, 15) is 12.9 Å². The molecule has 0 aliphatic heterocycles. The average Bonchev–Trinajstić information content (AvgIpc) is 2.50.